The van der Waals surface area contributed by atoms with Gasteiger partial charge in [-0.1, -0.05) is 11.6 Å². The van der Waals surface area contributed by atoms with Gasteiger partial charge in [0.05, 0.1) is 22.5 Å². The normalized spacial score (nSPS) is 17.0. The van der Waals surface area contributed by atoms with Crippen LogP contribution in [0, 0.1) is 23.5 Å². The number of carbonyl (C=O) groups excluding carboxylic acids is 3. The third-order valence-electron chi connectivity index (χ3n) is 8.06. The van der Waals surface area contributed by atoms with Crippen molar-refractivity contribution >= 4 is 35.0 Å². The van der Waals surface area contributed by atoms with Crippen LogP contribution in [0.5, 0.6) is 5.75 Å². The number of anilines is 1. The largest absolute Gasteiger partial charge is 0.460 e. The van der Waals surface area contributed by atoms with Crippen molar-refractivity contribution in [3.63, 3.8) is 0 Å². The monoisotopic (exact) mass is 632 g/mol. The quantitative estimate of drug-likeness (QED) is 0.326. The second-order valence-corrected chi connectivity index (χ2v) is 11.2. The molecule has 2 saturated heterocycles. The van der Waals surface area contributed by atoms with Crippen LogP contribution in [0.2, 0.25) is 5.02 Å². The van der Waals surface area contributed by atoms with Gasteiger partial charge in [-0.3, -0.25) is 14.4 Å². The van der Waals surface area contributed by atoms with Crippen LogP contribution in [-0.2, 0) is 11.8 Å². The highest BCUT2D eigenvalue weighted by atomic mass is 35.5. The summed E-state index contributed by atoms with van der Waals surface area (Å²) in [7, 11) is 1.45. The summed E-state index contributed by atoms with van der Waals surface area (Å²) in [4.78, 5) is 44.5. The van der Waals surface area contributed by atoms with Crippen LogP contribution >= 0.6 is 11.6 Å². The summed E-state index contributed by atoms with van der Waals surface area (Å²) < 4.78 is 47.0. The highest BCUT2D eigenvalue weighted by Crippen LogP contribution is 2.31. The molecule has 0 spiro atoms. The molecule has 3 N–H and O–H groups in total. The standard InChI is InChI=1S/C30H32ClF3N6O4/c1-39-23(21-4-5-24(44-16-32)26(34)25(21)33)15-36-27(39)29(42)38-19-2-3-20(22(31)12-19)30(43)40-10-7-18(8-11-40)28(41)37-14-17-6-9-35-13-17/h2-5,12,15,17-18,35H,6-11,13-14,16H2,1H3,(H,37,41)(H,38,42)/t17-/m1/s1. The van der Waals surface area contributed by atoms with Crippen LogP contribution in [0.3, 0.4) is 0 Å². The minimum atomic E-state index is -1.36. The van der Waals surface area contributed by atoms with E-state index in [2.05, 4.69) is 25.7 Å². The number of hydrogen-bond acceptors (Lipinski definition) is 6. The lowest BCUT2D eigenvalue weighted by Crippen LogP contribution is -2.44. The number of likely N-dealkylation sites (tertiary alicyclic amines) is 1. The molecule has 0 bridgehead atoms. The summed E-state index contributed by atoms with van der Waals surface area (Å²) in [6, 6.07) is 6.76. The molecule has 1 atom stereocenters. The van der Waals surface area contributed by atoms with E-state index >= 15 is 0 Å². The van der Waals surface area contributed by atoms with E-state index in [0.29, 0.717) is 44.1 Å². The lowest BCUT2D eigenvalue weighted by molar-refractivity contribution is -0.126. The molecule has 10 nitrogen and oxygen atoms in total. The summed E-state index contributed by atoms with van der Waals surface area (Å²) in [5.74, 6) is -3.90. The average Bonchev–Trinajstić information content (AvgIpc) is 3.68. The zero-order valence-corrected chi connectivity index (χ0v) is 24.7. The van der Waals surface area contributed by atoms with E-state index < -0.39 is 30.2 Å². The zero-order chi connectivity index (χ0) is 31.4. The minimum Gasteiger partial charge on any atom is -0.460 e. The Morgan fingerprint density at radius 1 is 1.11 bits per heavy atom. The lowest BCUT2D eigenvalue weighted by Gasteiger charge is -2.31. The molecule has 0 aliphatic carbocycles. The second kappa shape index (κ2) is 13.7. The fraction of sp³-hybridized carbons (Fsp3) is 0.400. The number of ether oxygens (including phenoxy) is 1. The molecule has 3 heterocycles. The van der Waals surface area contributed by atoms with Gasteiger partial charge < -0.3 is 30.2 Å². The van der Waals surface area contributed by atoms with E-state index in [4.69, 9.17) is 11.6 Å². The number of piperidine rings is 1. The smallest absolute Gasteiger partial charge is 0.291 e. The zero-order valence-electron chi connectivity index (χ0n) is 24.0. The third kappa shape index (κ3) is 6.68. The number of imidazole rings is 1. The van der Waals surface area contributed by atoms with E-state index in [1.807, 2.05) is 0 Å². The van der Waals surface area contributed by atoms with Crippen molar-refractivity contribution < 1.29 is 32.3 Å². The van der Waals surface area contributed by atoms with E-state index in [1.165, 1.54) is 42.1 Å². The maximum atomic E-state index is 14.6. The molecule has 2 aliphatic heterocycles. The average molecular weight is 633 g/mol. The molecule has 1 aromatic heterocycles. The SMILES string of the molecule is Cn1c(-c2ccc(OCF)c(F)c2F)cnc1C(=O)Nc1ccc(C(=O)N2CCC(C(=O)NC[C@@H]3CCNC3)CC2)c(Cl)c1. The number of aromatic nitrogens is 2. The van der Waals surface area contributed by atoms with Gasteiger partial charge in [-0.05, 0) is 68.6 Å². The number of halogens is 4. The van der Waals surface area contributed by atoms with Crippen LogP contribution in [0.15, 0.2) is 36.5 Å². The minimum absolute atomic E-state index is 0.0281. The number of benzene rings is 2. The number of nitrogens with one attached hydrogen (secondary N) is 3. The summed E-state index contributed by atoms with van der Waals surface area (Å²) in [5.41, 5.74) is 0.460. The molecule has 0 saturated carbocycles. The summed E-state index contributed by atoms with van der Waals surface area (Å²) >= 11 is 6.44. The number of carbonyl (C=O) groups is 3. The van der Waals surface area contributed by atoms with Gasteiger partial charge in [0.2, 0.25) is 18.6 Å². The highest BCUT2D eigenvalue weighted by Gasteiger charge is 2.29. The molecule has 14 heteroatoms. The van der Waals surface area contributed by atoms with Crippen LogP contribution in [0.4, 0.5) is 18.9 Å². The Morgan fingerprint density at radius 3 is 2.57 bits per heavy atom. The van der Waals surface area contributed by atoms with Gasteiger partial charge in [0.25, 0.3) is 11.8 Å². The van der Waals surface area contributed by atoms with Gasteiger partial charge in [0.1, 0.15) is 0 Å². The number of hydrogen-bond donors (Lipinski definition) is 3. The molecule has 5 rings (SSSR count). The molecule has 44 heavy (non-hydrogen) atoms. The maximum Gasteiger partial charge on any atom is 0.291 e. The Kier molecular flexibility index (Phi) is 9.74. The Labute approximate surface area is 256 Å². The summed E-state index contributed by atoms with van der Waals surface area (Å²) in [5, 5.41) is 9.11. The van der Waals surface area contributed by atoms with Gasteiger partial charge in [-0.25, -0.2) is 13.8 Å². The molecular weight excluding hydrogens is 601 g/mol. The fourth-order valence-corrected chi connectivity index (χ4v) is 5.78. The first-order valence-electron chi connectivity index (χ1n) is 14.2. The van der Waals surface area contributed by atoms with Crippen LogP contribution in [-0.4, -0.2) is 71.8 Å². The van der Waals surface area contributed by atoms with Gasteiger partial charge >= 0.3 is 0 Å². The van der Waals surface area contributed by atoms with Crippen LogP contribution in [0.25, 0.3) is 11.3 Å². The first kappa shape index (κ1) is 31.3. The molecule has 3 aromatic rings. The number of amides is 3. The maximum absolute atomic E-state index is 14.6. The third-order valence-corrected chi connectivity index (χ3v) is 8.37. The molecule has 234 valence electrons. The van der Waals surface area contributed by atoms with Gasteiger partial charge in [-0.2, -0.15) is 4.39 Å². The van der Waals surface area contributed by atoms with Gasteiger partial charge in [0.15, 0.2) is 17.4 Å². The molecule has 3 amide bonds. The van der Waals surface area contributed by atoms with Crippen molar-refractivity contribution in [1.82, 2.24) is 25.1 Å². The van der Waals surface area contributed by atoms with Gasteiger partial charge in [-0.15, -0.1) is 0 Å². The fourth-order valence-electron chi connectivity index (χ4n) is 5.52. The van der Waals surface area contributed by atoms with Crippen molar-refractivity contribution in [3.8, 4) is 17.0 Å². The highest BCUT2D eigenvalue weighted by molar-refractivity contribution is 6.34. The predicted octanol–water partition coefficient (Wildman–Crippen LogP) is 4.15. The van der Waals surface area contributed by atoms with Crippen molar-refractivity contribution in [1.29, 1.82) is 0 Å². The number of rotatable bonds is 9. The summed E-state index contributed by atoms with van der Waals surface area (Å²) in [6.45, 7) is 2.09. The Hall–Kier alpha value is -4.10. The first-order chi connectivity index (χ1) is 21.2. The molecule has 2 aliphatic rings. The van der Waals surface area contributed by atoms with E-state index in [-0.39, 0.29) is 45.4 Å². The molecule has 2 aromatic carbocycles. The molecular formula is C30H32ClF3N6O4. The molecule has 2 fully saturated rings. The summed E-state index contributed by atoms with van der Waals surface area (Å²) in [6.07, 6.45) is 3.38. The van der Waals surface area contributed by atoms with E-state index in [9.17, 15) is 27.6 Å². The number of nitrogens with zero attached hydrogens (tertiary/aromatic N) is 3. The van der Waals surface area contributed by atoms with E-state index in [0.717, 1.165) is 25.6 Å². The van der Waals surface area contributed by atoms with Crippen molar-refractivity contribution in [2.45, 2.75) is 19.3 Å². The van der Waals surface area contributed by atoms with Gasteiger partial charge in [0, 0.05) is 43.9 Å². The Balaban J connectivity index is 1.19. The first-order valence-corrected chi connectivity index (χ1v) is 14.6. The van der Waals surface area contributed by atoms with Crippen molar-refractivity contribution in [2.24, 2.45) is 18.9 Å². The van der Waals surface area contributed by atoms with Crippen LogP contribution in [0.1, 0.15) is 40.2 Å². The Morgan fingerprint density at radius 2 is 1.89 bits per heavy atom. The predicted molar refractivity (Wildman–Crippen MR) is 157 cm³/mol. The second-order valence-electron chi connectivity index (χ2n) is 10.8. The topological polar surface area (TPSA) is 118 Å². The number of alkyl halides is 1. The molecule has 0 radical (unpaired) electrons. The lowest BCUT2D eigenvalue weighted by atomic mass is 9.95. The van der Waals surface area contributed by atoms with E-state index in [1.54, 1.807) is 4.90 Å². The van der Waals surface area contributed by atoms with Crippen molar-refractivity contribution in [2.75, 3.05) is 44.9 Å². The van der Waals surface area contributed by atoms with Crippen LogP contribution < -0.4 is 20.7 Å². The van der Waals surface area contributed by atoms with Crippen molar-refractivity contribution in [3.05, 3.63) is 64.6 Å². The molecule has 0 unspecified atom stereocenters. The Bertz CT molecular complexity index is 1550.